The summed E-state index contributed by atoms with van der Waals surface area (Å²) in [7, 11) is 0. The fraction of sp³-hybridized carbons (Fsp3) is 0.0588. The SMILES string of the molecule is Cc1cn(N=Cc2cc(-c3ccc(F)cc3)ccc2O)c(N)n1. The van der Waals surface area contributed by atoms with Crippen molar-refractivity contribution in [2.24, 2.45) is 5.10 Å². The average molecular weight is 310 g/mol. The predicted molar refractivity (Wildman–Crippen MR) is 87.9 cm³/mol. The molecule has 0 amide bonds. The van der Waals surface area contributed by atoms with Gasteiger partial charge in [-0.1, -0.05) is 18.2 Å². The third-order valence-corrected chi connectivity index (χ3v) is 3.36. The number of anilines is 1. The van der Waals surface area contributed by atoms with Gasteiger partial charge in [0.1, 0.15) is 11.6 Å². The molecular weight excluding hydrogens is 295 g/mol. The minimum atomic E-state index is -0.291. The second-order valence-corrected chi connectivity index (χ2v) is 5.11. The number of benzene rings is 2. The van der Waals surface area contributed by atoms with E-state index in [0.717, 1.165) is 16.8 Å². The Kier molecular flexibility index (Phi) is 3.80. The number of rotatable bonds is 3. The first-order valence-corrected chi connectivity index (χ1v) is 6.98. The van der Waals surface area contributed by atoms with Crippen LogP contribution in [0, 0.1) is 12.7 Å². The van der Waals surface area contributed by atoms with E-state index in [2.05, 4.69) is 10.1 Å². The monoisotopic (exact) mass is 310 g/mol. The summed E-state index contributed by atoms with van der Waals surface area (Å²) in [5, 5.41) is 14.2. The molecule has 5 nitrogen and oxygen atoms in total. The first-order valence-electron chi connectivity index (χ1n) is 6.98. The Bertz CT molecular complexity index is 869. The predicted octanol–water partition coefficient (Wildman–Crippen LogP) is 3.17. The summed E-state index contributed by atoms with van der Waals surface area (Å²) in [6, 6.07) is 11.2. The van der Waals surface area contributed by atoms with Crippen molar-refractivity contribution >= 4 is 12.2 Å². The molecule has 0 saturated carbocycles. The molecule has 0 aliphatic rings. The molecular formula is C17H15FN4O. The highest BCUT2D eigenvalue weighted by Gasteiger charge is 2.04. The normalized spacial score (nSPS) is 11.2. The van der Waals surface area contributed by atoms with Gasteiger partial charge in [-0.3, -0.25) is 0 Å². The van der Waals surface area contributed by atoms with Crippen molar-refractivity contribution in [3.63, 3.8) is 0 Å². The van der Waals surface area contributed by atoms with Crippen LogP contribution in [0.3, 0.4) is 0 Å². The van der Waals surface area contributed by atoms with Crippen LogP contribution in [-0.2, 0) is 0 Å². The van der Waals surface area contributed by atoms with Gasteiger partial charge in [0, 0.05) is 5.56 Å². The summed E-state index contributed by atoms with van der Waals surface area (Å²) in [4.78, 5) is 4.05. The van der Waals surface area contributed by atoms with E-state index < -0.39 is 0 Å². The van der Waals surface area contributed by atoms with Crippen molar-refractivity contribution in [3.8, 4) is 16.9 Å². The van der Waals surface area contributed by atoms with Gasteiger partial charge in [-0.25, -0.2) is 14.1 Å². The van der Waals surface area contributed by atoms with E-state index in [1.165, 1.54) is 23.0 Å². The Morgan fingerprint density at radius 1 is 1.17 bits per heavy atom. The number of aromatic hydroxyl groups is 1. The zero-order valence-corrected chi connectivity index (χ0v) is 12.4. The molecule has 6 heteroatoms. The highest BCUT2D eigenvalue weighted by Crippen LogP contribution is 2.25. The summed E-state index contributed by atoms with van der Waals surface area (Å²) >= 11 is 0. The molecule has 1 heterocycles. The number of nitrogens with zero attached hydrogens (tertiary/aromatic N) is 3. The molecule has 3 aromatic rings. The number of imidazole rings is 1. The Hall–Kier alpha value is -3.15. The van der Waals surface area contributed by atoms with Gasteiger partial charge in [0.05, 0.1) is 18.1 Å². The number of nitrogens with two attached hydrogens (primary N) is 1. The molecule has 0 aliphatic carbocycles. The lowest BCUT2D eigenvalue weighted by atomic mass is 10.0. The van der Waals surface area contributed by atoms with Gasteiger partial charge in [-0.05, 0) is 42.3 Å². The van der Waals surface area contributed by atoms with Crippen molar-refractivity contribution in [2.75, 3.05) is 5.73 Å². The number of nitrogen functional groups attached to an aromatic ring is 1. The van der Waals surface area contributed by atoms with E-state index in [-0.39, 0.29) is 17.5 Å². The quantitative estimate of drug-likeness (QED) is 0.730. The van der Waals surface area contributed by atoms with Crippen molar-refractivity contribution in [1.29, 1.82) is 0 Å². The summed E-state index contributed by atoms with van der Waals surface area (Å²) < 4.78 is 14.4. The largest absolute Gasteiger partial charge is 0.507 e. The number of hydrogen-bond acceptors (Lipinski definition) is 4. The number of aromatic nitrogens is 2. The van der Waals surface area contributed by atoms with Crippen LogP contribution in [0.2, 0.25) is 0 Å². The van der Waals surface area contributed by atoms with Crippen molar-refractivity contribution in [3.05, 3.63) is 65.7 Å². The third-order valence-electron chi connectivity index (χ3n) is 3.36. The molecule has 1 aromatic heterocycles. The average Bonchev–Trinajstić information content (AvgIpc) is 2.85. The zero-order chi connectivity index (χ0) is 16.4. The van der Waals surface area contributed by atoms with E-state index >= 15 is 0 Å². The van der Waals surface area contributed by atoms with Gasteiger partial charge in [0.25, 0.3) is 0 Å². The van der Waals surface area contributed by atoms with Crippen molar-refractivity contribution in [2.45, 2.75) is 6.92 Å². The molecule has 116 valence electrons. The highest BCUT2D eigenvalue weighted by molar-refractivity contribution is 5.86. The topological polar surface area (TPSA) is 76.4 Å². The lowest BCUT2D eigenvalue weighted by molar-refractivity contribution is 0.474. The molecule has 0 atom stereocenters. The van der Waals surface area contributed by atoms with E-state index in [1.807, 2.05) is 6.92 Å². The molecule has 0 unspecified atom stereocenters. The lowest BCUT2D eigenvalue weighted by Gasteiger charge is -2.05. The summed E-state index contributed by atoms with van der Waals surface area (Å²) in [5.41, 5.74) is 8.69. The van der Waals surface area contributed by atoms with Crippen LogP contribution in [0.5, 0.6) is 5.75 Å². The van der Waals surface area contributed by atoms with Gasteiger partial charge >= 0.3 is 0 Å². The van der Waals surface area contributed by atoms with Crippen molar-refractivity contribution < 1.29 is 9.50 Å². The Balaban J connectivity index is 1.94. The molecule has 0 fully saturated rings. The lowest BCUT2D eigenvalue weighted by Crippen LogP contribution is -1.97. The van der Waals surface area contributed by atoms with E-state index in [9.17, 15) is 9.50 Å². The van der Waals surface area contributed by atoms with Crippen LogP contribution in [0.1, 0.15) is 11.3 Å². The second-order valence-electron chi connectivity index (χ2n) is 5.11. The molecule has 0 bridgehead atoms. The number of halogens is 1. The molecule has 3 rings (SSSR count). The van der Waals surface area contributed by atoms with E-state index in [1.54, 1.807) is 36.5 Å². The fourth-order valence-corrected chi connectivity index (χ4v) is 2.20. The van der Waals surface area contributed by atoms with Crippen LogP contribution < -0.4 is 5.73 Å². The maximum absolute atomic E-state index is 13.0. The minimum absolute atomic E-state index is 0.0926. The number of aryl methyl sites for hydroxylation is 1. The van der Waals surface area contributed by atoms with Gasteiger partial charge in [-0.2, -0.15) is 5.10 Å². The zero-order valence-electron chi connectivity index (χ0n) is 12.4. The van der Waals surface area contributed by atoms with Gasteiger partial charge in [0.2, 0.25) is 5.95 Å². The van der Waals surface area contributed by atoms with E-state index in [0.29, 0.717) is 5.56 Å². The van der Waals surface area contributed by atoms with Crippen LogP contribution in [0.15, 0.2) is 53.8 Å². The smallest absolute Gasteiger partial charge is 0.221 e. The first-order chi connectivity index (χ1) is 11.0. The molecule has 0 saturated heterocycles. The van der Waals surface area contributed by atoms with Gasteiger partial charge in [-0.15, -0.1) is 0 Å². The van der Waals surface area contributed by atoms with Gasteiger partial charge < -0.3 is 10.8 Å². The van der Waals surface area contributed by atoms with Crippen LogP contribution in [0.25, 0.3) is 11.1 Å². The maximum atomic E-state index is 13.0. The molecule has 0 radical (unpaired) electrons. The molecule has 0 spiro atoms. The van der Waals surface area contributed by atoms with Crippen LogP contribution in [0.4, 0.5) is 10.3 Å². The third kappa shape index (κ3) is 3.21. The standard InChI is InChI=1S/C17H15FN4O/c1-11-10-22(17(19)21-11)20-9-14-8-13(4-7-16(14)23)12-2-5-15(18)6-3-12/h2-10,23H,1H3,(H2,19,21). The second kappa shape index (κ2) is 5.92. The Morgan fingerprint density at radius 2 is 1.87 bits per heavy atom. The first kappa shape index (κ1) is 14.8. The number of phenols is 1. The minimum Gasteiger partial charge on any atom is -0.507 e. The molecule has 23 heavy (non-hydrogen) atoms. The van der Waals surface area contributed by atoms with Crippen LogP contribution in [-0.4, -0.2) is 21.0 Å². The Morgan fingerprint density at radius 3 is 2.52 bits per heavy atom. The molecule has 0 aliphatic heterocycles. The summed E-state index contributed by atoms with van der Waals surface area (Å²) in [6.45, 7) is 1.81. The highest BCUT2D eigenvalue weighted by atomic mass is 19.1. The number of phenolic OH excluding ortho intramolecular Hbond substituents is 1. The summed E-state index contributed by atoms with van der Waals surface area (Å²) in [5.74, 6) is 0.0724. The van der Waals surface area contributed by atoms with Crippen molar-refractivity contribution in [1.82, 2.24) is 9.66 Å². The van der Waals surface area contributed by atoms with Crippen LogP contribution >= 0.6 is 0 Å². The van der Waals surface area contributed by atoms with Gasteiger partial charge in [0.15, 0.2) is 0 Å². The Labute approximate surface area is 132 Å². The maximum Gasteiger partial charge on any atom is 0.221 e. The fourth-order valence-electron chi connectivity index (χ4n) is 2.20. The summed E-state index contributed by atoms with van der Waals surface area (Å²) in [6.07, 6.45) is 3.19. The molecule has 2 aromatic carbocycles. The molecule has 3 N–H and O–H groups in total. The van der Waals surface area contributed by atoms with E-state index in [4.69, 9.17) is 5.73 Å². The number of hydrogen-bond donors (Lipinski definition) is 2.